The molecule has 182 valence electrons. The second-order valence-electron chi connectivity index (χ2n) is 9.66. The van der Waals surface area contributed by atoms with Crippen molar-refractivity contribution in [3.63, 3.8) is 0 Å². The maximum absolute atomic E-state index is 13.7. The van der Waals surface area contributed by atoms with Gasteiger partial charge in [-0.15, -0.1) is 0 Å². The Labute approximate surface area is 197 Å². The summed E-state index contributed by atoms with van der Waals surface area (Å²) in [6.07, 6.45) is 3.02. The van der Waals surface area contributed by atoms with Crippen LogP contribution < -0.4 is 5.73 Å². The summed E-state index contributed by atoms with van der Waals surface area (Å²) in [7, 11) is 3.16. The number of hydrogen-bond acceptors (Lipinski definition) is 8. The highest BCUT2D eigenvalue weighted by atomic mass is 16.3. The molecule has 1 aromatic carbocycles. The fourth-order valence-corrected chi connectivity index (χ4v) is 5.91. The third-order valence-corrected chi connectivity index (χ3v) is 7.50. The Bertz CT molecular complexity index is 1170. The van der Waals surface area contributed by atoms with Gasteiger partial charge >= 0.3 is 0 Å². The number of ketones is 2. The van der Waals surface area contributed by atoms with Crippen molar-refractivity contribution in [3.05, 3.63) is 45.7 Å². The van der Waals surface area contributed by atoms with Crippen molar-refractivity contribution in [2.75, 3.05) is 14.1 Å². The zero-order valence-corrected chi connectivity index (χ0v) is 19.5. The van der Waals surface area contributed by atoms with E-state index >= 15 is 0 Å². The van der Waals surface area contributed by atoms with Gasteiger partial charge in [-0.1, -0.05) is 19.4 Å². The van der Waals surface area contributed by atoms with Crippen molar-refractivity contribution in [1.29, 1.82) is 0 Å². The molecule has 9 heteroatoms. The zero-order chi connectivity index (χ0) is 25.1. The molecule has 1 amide bonds. The summed E-state index contributed by atoms with van der Waals surface area (Å²) in [5.74, 6) is -6.34. The molecule has 4 rings (SSSR count). The number of benzene rings is 1. The average Bonchev–Trinajstić information content (AvgIpc) is 2.75. The maximum atomic E-state index is 13.7. The van der Waals surface area contributed by atoms with Crippen molar-refractivity contribution in [2.24, 2.45) is 17.6 Å². The number of amides is 1. The van der Waals surface area contributed by atoms with Crippen molar-refractivity contribution in [3.8, 4) is 5.75 Å². The van der Waals surface area contributed by atoms with Crippen molar-refractivity contribution in [2.45, 2.75) is 50.7 Å². The minimum absolute atomic E-state index is 0.0919. The molecule has 0 spiro atoms. The first-order chi connectivity index (χ1) is 16.0. The molecule has 1 aromatic rings. The molecule has 0 radical (unpaired) electrons. The number of primary amides is 1. The van der Waals surface area contributed by atoms with Crippen LogP contribution in [0.1, 0.15) is 42.9 Å². The van der Waals surface area contributed by atoms with Crippen LogP contribution in [0.15, 0.2) is 29.0 Å². The largest absolute Gasteiger partial charge is 0.508 e. The van der Waals surface area contributed by atoms with Crippen LogP contribution in [0, 0.1) is 11.8 Å². The van der Waals surface area contributed by atoms with Gasteiger partial charge < -0.3 is 26.2 Å². The molecule has 0 heterocycles. The molecule has 0 bridgehead atoms. The monoisotopic (exact) mass is 470 g/mol. The summed E-state index contributed by atoms with van der Waals surface area (Å²) in [5, 5.41) is 44.1. The second kappa shape index (κ2) is 8.25. The van der Waals surface area contributed by atoms with Crippen molar-refractivity contribution < 1.29 is 34.8 Å². The first-order valence-electron chi connectivity index (χ1n) is 11.4. The minimum Gasteiger partial charge on any atom is -0.508 e. The Morgan fingerprint density at radius 2 is 1.88 bits per heavy atom. The number of hydrogen-bond donors (Lipinski definition) is 5. The van der Waals surface area contributed by atoms with Gasteiger partial charge in [0.05, 0.1) is 11.6 Å². The maximum Gasteiger partial charge on any atom is 0.255 e. The first-order valence-corrected chi connectivity index (χ1v) is 11.4. The third kappa shape index (κ3) is 3.18. The molecule has 6 N–H and O–H groups in total. The van der Waals surface area contributed by atoms with Crippen LogP contribution in [0.4, 0.5) is 0 Å². The number of phenolic OH excluding ortho intramolecular Hbond substituents is 1. The van der Waals surface area contributed by atoms with Gasteiger partial charge in [0, 0.05) is 11.5 Å². The highest BCUT2D eigenvalue weighted by Gasteiger charge is 2.64. The highest BCUT2D eigenvalue weighted by Crippen LogP contribution is 2.52. The van der Waals surface area contributed by atoms with Gasteiger partial charge in [-0.25, -0.2) is 0 Å². The SMILES string of the molecule is CCCCc1ccc(O)c2c1C[C@H]1C[C@@H]3[C@H](N(C)C)C(=O)C(C(N)=O)=C(O)[C@@]3(O)C(=O)C1=C2O. The van der Waals surface area contributed by atoms with E-state index in [9.17, 15) is 34.8 Å². The molecular weight excluding hydrogens is 440 g/mol. The van der Waals surface area contributed by atoms with E-state index in [1.165, 1.54) is 11.0 Å². The molecule has 0 aromatic heterocycles. The average molecular weight is 471 g/mol. The molecule has 3 aliphatic carbocycles. The van der Waals surface area contributed by atoms with Crippen molar-refractivity contribution >= 4 is 23.2 Å². The topological polar surface area (TPSA) is 161 Å². The molecule has 0 aliphatic heterocycles. The van der Waals surface area contributed by atoms with Gasteiger partial charge in [0.25, 0.3) is 5.91 Å². The zero-order valence-electron chi connectivity index (χ0n) is 19.5. The number of carbonyl (C=O) groups is 3. The second-order valence-corrected chi connectivity index (χ2v) is 9.66. The lowest BCUT2D eigenvalue weighted by molar-refractivity contribution is -0.153. The number of aliphatic hydroxyl groups is 3. The predicted octanol–water partition coefficient (Wildman–Crippen LogP) is 1.31. The van der Waals surface area contributed by atoms with E-state index in [1.54, 1.807) is 14.1 Å². The molecule has 4 atom stereocenters. The molecule has 9 nitrogen and oxygen atoms in total. The van der Waals surface area contributed by atoms with Crippen LogP contribution in [-0.2, 0) is 27.2 Å². The Balaban J connectivity index is 1.94. The molecule has 0 unspecified atom stereocenters. The summed E-state index contributed by atoms with van der Waals surface area (Å²) >= 11 is 0. The van der Waals surface area contributed by atoms with E-state index in [-0.39, 0.29) is 23.3 Å². The van der Waals surface area contributed by atoms with Crippen LogP contribution >= 0.6 is 0 Å². The van der Waals surface area contributed by atoms with E-state index in [1.807, 2.05) is 6.07 Å². The number of carbonyl (C=O) groups excluding carboxylic acids is 3. The highest BCUT2D eigenvalue weighted by molar-refractivity contribution is 6.24. The summed E-state index contributed by atoms with van der Waals surface area (Å²) < 4.78 is 0. The number of nitrogens with zero attached hydrogens (tertiary/aromatic N) is 1. The third-order valence-electron chi connectivity index (χ3n) is 7.50. The molecule has 1 fully saturated rings. The Morgan fingerprint density at radius 3 is 2.47 bits per heavy atom. The van der Waals surface area contributed by atoms with Crippen LogP contribution in [0.2, 0.25) is 0 Å². The minimum atomic E-state index is -2.61. The van der Waals surface area contributed by atoms with Crippen LogP contribution in [-0.4, -0.2) is 68.5 Å². The van der Waals surface area contributed by atoms with Gasteiger partial charge in [0.2, 0.25) is 5.78 Å². The van der Waals surface area contributed by atoms with Gasteiger partial charge in [-0.05, 0) is 62.9 Å². The van der Waals surface area contributed by atoms with Crippen molar-refractivity contribution in [1.82, 2.24) is 4.90 Å². The number of nitrogens with two attached hydrogens (primary N) is 1. The normalized spacial score (nSPS) is 28.7. The lowest BCUT2D eigenvalue weighted by Crippen LogP contribution is -2.65. The van der Waals surface area contributed by atoms with Gasteiger partial charge in [-0.3, -0.25) is 19.3 Å². The summed E-state index contributed by atoms with van der Waals surface area (Å²) in [4.78, 5) is 40.3. The molecule has 34 heavy (non-hydrogen) atoms. The molecule has 3 aliphatic rings. The van der Waals surface area contributed by atoms with E-state index < -0.39 is 58.0 Å². The fraction of sp³-hybridized carbons (Fsp3) is 0.480. The Morgan fingerprint density at radius 1 is 1.21 bits per heavy atom. The summed E-state index contributed by atoms with van der Waals surface area (Å²) in [6, 6.07) is 2.19. The number of aryl methyl sites for hydroxylation is 1. The summed E-state index contributed by atoms with van der Waals surface area (Å²) in [6.45, 7) is 2.06. The van der Waals surface area contributed by atoms with Crippen LogP contribution in [0.3, 0.4) is 0 Å². The Kier molecular flexibility index (Phi) is 5.81. The lowest BCUT2D eigenvalue weighted by Gasteiger charge is -2.50. The predicted molar refractivity (Wildman–Crippen MR) is 123 cm³/mol. The van der Waals surface area contributed by atoms with E-state index in [0.717, 1.165) is 30.4 Å². The number of unbranched alkanes of at least 4 members (excludes halogenated alkanes) is 1. The smallest absolute Gasteiger partial charge is 0.255 e. The lowest BCUT2D eigenvalue weighted by atomic mass is 9.57. The van der Waals surface area contributed by atoms with Gasteiger partial charge in [0.1, 0.15) is 22.8 Å². The van der Waals surface area contributed by atoms with Crippen LogP contribution in [0.25, 0.3) is 5.76 Å². The molecular formula is C25H30N2O7. The number of rotatable bonds is 5. The van der Waals surface area contributed by atoms with Gasteiger partial charge in [0.15, 0.2) is 11.4 Å². The fourth-order valence-electron chi connectivity index (χ4n) is 5.91. The summed E-state index contributed by atoms with van der Waals surface area (Å²) in [5.41, 5.74) is 3.60. The number of aliphatic hydroxyl groups excluding tert-OH is 2. The number of aromatic hydroxyl groups is 1. The van der Waals surface area contributed by atoms with E-state index in [4.69, 9.17) is 5.73 Å². The number of fused-ring (bicyclic) bond motifs is 3. The standard InChI is InChI=1S/C25H30N2O7/c1-4-5-6-11-7-8-15(28)17-13(11)9-12-10-14-19(27(2)3)21(30)18(24(26)33)23(32)25(14,34)22(31)16(12)20(17)29/h7-8,12,14,19,28-29,32,34H,4-6,9-10H2,1-3H3,(H2,26,33)/t12-,14+,19-,25-/m0/s1. The quantitative estimate of drug-likeness (QED) is 0.402. The number of likely N-dealkylation sites (N-methyl/N-ethyl adjacent to an activating group) is 1. The first kappa shape index (κ1) is 24.0. The van der Waals surface area contributed by atoms with E-state index in [0.29, 0.717) is 6.42 Å². The molecule has 0 saturated heterocycles. The number of phenols is 1. The Hall–Kier alpha value is -3.17. The number of Topliss-reactive ketones (excluding diaryl/α,β-unsaturated/α-hetero) is 2. The molecule has 1 saturated carbocycles. The van der Waals surface area contributed by atoms with Gasteiger partial charge in [-0.2, -0.15) is 0 Å². The van der Waals surface area contributed by atoms with Crippen LogP contribution in [0.5, 0.6) is 5.75 Å². The van der Waals surface area contributed by atoms with E-state index in [2.05, 4.69) is 6.92 Å².